The highest BCUT2D eigenvalue weighted by Gasteiger charge is 2.71. The number of carbonyl (C=O) groups excluding carboxylic acids is 1. The largest absolute Gasteiger partial charge is 0.465 e. The molecule has 7 rings (SSSR count). The van der Waals surface area contributed by atoms with E-state index in [0.717, 1.165) is 17.8 Å². The second kappa shape index (κ2) is 9.32. The topological polar surface area (TPSA) is 29.3 Å². The molecule has 1 saturated heterocycles. The van der Waals surface area contributed by atoms with E-state index in [1.165, 1.54) is 94.7 Å². The lowest BCUT2D eigenvalue weighted by Crippen LogP contribution is -2.67. The molecule has 42 heavy (non-hydrogen) atoms. The van der Waals surface area contributed by atoms with Gasteiger partial charge in [-0.2, -0.15) is 0 Å². The predicted molar refractivity (Wildman–Crippen MR) is 172 cm³/mol. The van der Waals surface area contributed by atoms with E-state index in [4.69, 9.17) is 4.74 Å². The molecule has 1 heterocycles. The van der Waals surface area contributed by atoms with E-state index < -0.39 is 0 Å². The maximum atomic E-state index is 12.1. The molecule has 9 unspecified atom stereocenters. The van der Waals surface area contributed by atoms with Crippen molar-refractivity contribution in [2.45, 2.75) is 105 Å². The number of hydrogen-bond acceptors (Lipinski definition) is 3. The number of fused-ring (bicyclic) bond motifs is 7. The molecule has 3 heteroatoms. The Bertz CT molecular complexity index is 1320. The van der Waals surface area contributed by atoms with Crippen molar-refractivity contribution in [1.82, 2.24) is 4.90 Å². The third-order valence-corrected chi connectivity index (χ3v) is 15.3. The van der Waals surface area contributed by atoms with Crippen LogP contribution in [0, 0.1) is 51.2 Å². The van der Waals surface area contributed by atoms with Crippen molar-refractivity contribution >= 4 is 11.5 Å². The Labute approximate surface area is 255 Å². The minimum Gasteiger partial charge on any atom is -0.465 e. The molecule has 3 nitrogen and oxygen atoms in total. The normalized spacial score (nSPS) is 45.5. The molecule has 5 fully saturated rings. The number of allylic oxidation sites excluding steroid dienone is 3. The van der Waals surface area contributed by atoms with Crippen LogP contribution < -0.4 is 0 Å². The van der Waals surface area contributed by atoms with Crippen LogP contribution in [0.1, 0.15) is 115 Å². The zero-order valence-electron chi connectivity index (χ0n) is 27.5. The standard InChI is InChI=1S/C39H55NO2/c1-25(2)28-15-20-39(40-23-24-40)22-21-37(6)30(33(28)39)13-14-32-36(5)18-16-29(26-9-11-27(12-10-26)34(41)42-8)35(3,4)31(36)17-19-38(32,37)7/h9-12,16,28,30-33H,1,13-15,17-24H2,2-8H3. The maximum absolute atomic E-state index is 12.1. The minimum absolute atomic E-state index is 0.0936. The molecule has 4 saturated carbocycles. The summed E-state index contributed by atoms with van der Waals surface area (Å²) in [6.45, 7) is 22.8. The highest BCUT2D eigenvalue weighted by Crippen LogP contribution is 2.77. The molecule has 5 aliphatic carbocycles. The van der Waals surface area contributed by atoms with Crippen molar-refractivity contribution in [2.24, 2.45) is 51.2 Å². The SMILES string of the molecule is C=C(C)C1CCC2(N3CC3)CCC3(C)C(CCC4C5(C)CC=C(c6ccc(C(=O)OC)cc6)C(C)(C)C5CCC43C)C12. The molecule has 1 aromatic carbocycles. The van der Waals surface area contributed by atoms with Crippen LogP contribution in [0.3, 0.4) is 0 Å². The van der Waals surface area contributed by atoms with Crippen molar-refractivity contribution < 1.29 is 9.53 Å². The second-order valence-electron chi connectivity index (χ2n) is 16.9. The van der Waals surface area contributed by atoms with Gasteiger partial charge < -0.3 is 4.74 Å². The van der Waals surface area contributed by atoms with E-state index in [2.05, 4.69) is 71.2 Å². The van der Waals surface area contributed by atoms with Crippen LogP contribution in [-0.2, 0) is 4.74 Å². The van der Waals surface area contributed by atoms with Gasteiger partial charge in [0.1, 0.15) is 0 Å². The summed E-state index contributed by atoms with van der Waals surface area (Å²) in [6.07, 6.45) is 14.9. The summed E-state index contributed by atoms with van der Waals surface area (Å²) in [6, 6.07) is 8.17. The zero-order chi connectivity index (χ0) is 29.9. The van der Waals surface area contributed by atoms with Gasteiger partial charge in [0, 0.05) is 18.6 Å². The maximum Gasteiger partial charge on any atom is 0.337 e. The zero-order valence-corrected chi connectivity index (χ0v) is 27.5. The van der Waals surface area contributed by atoms with Crippen LogP contribution in [0.25, 0.3) is 5.57 Å². The first-order valence-corrected chi connectivity index (χ1v) is 17.1. The molecule has 0 spiro atoms. The molecule has 228 valence electrons. The number of benzene rings is 1. The first-order chi connectivity index (χ1) is 19.8. The lowest BCUT2D eigenvalue weighted by Gasteiger charge is -2.72. The van der Waals surface area contributed by atoms with Gasteiger partial charge in [0.25, 0.3) is 0 Å². The average molecular weight is 570 g/mol. The quantitative estimate of drug-likeness (QED) is 0.206. The van der Waals surface area contributed by atoms with Crippen molar-refractivity contribution in [3.8, 4) is 0 Å². The minimum atomic E-state index is -0.261. The molecule has 1 aromatic rings. The molecule has 9 atom stereocenters. The average Bonchev–Trinajstić information content (AvgIpc) is 3.73. The van der Waals surface area contributed by atoms with Crippen LogP contribution in [0.4, 0.5) is 0 Å². The van der Waals surface area contributed by atoms with Crippen LogP contribution in [0.5, 0.6) is 0 Å². The molecule has 0 aromatic heterocycles. The van der Waals surface area contributed by atoms with Crippen molar-refractivity contribution in [2.75, 3.05) is 20.2 Å². The van der Waals surface area contributed by atoms with Gasteiger partial charge in [0.05, 0.1) is 12.7 Å². The summed E-state index contributed by atoms with van der Waals surface area (Å²) in [5, 5.41) is 0. The first kappa shape index (κ1) is 28.9. The molecule has 1 aliphatic heterocycles. The predicted octanol–water partition coefficient (Wildman–Crippen LogP) is 9.19. The number of rotatable bonds is 4. The summed E-state index contributed by atoms with van der Waals surface area (Å²) < 4.78 is 4.95. The third kappa shape index (κ3) is 3.64. The Hall–Kier alpha value is -1.87. The van der Waals surface area contributed by atoms with Gasteiger partial charge in [-0.05, 0) is 139 Å². The molecule has 0 N–H and O–H groups in total. The summed E-state index contributed by atoms with van der Waals surface area (Å²) in [4.78, 5) is 15.0. The lowest BCUT2D eigenvalue weighted by molar-refractivity contribution is -0.223. The fourth-order valence-corrected chi connectivity index (χ4v) is 13.1. The Morgan fingerprint density at radius 3 is 2.24 bits per heavy atom. The van der Waals surface area contributed by atoms with Crippen LogP contribution in [-0.4, -0.2) is 36.6 Å². The first-order valence-electron chi connectivity index (χ1n) is 17.1. The van der Waals surface area contributed by atoms with Gasteiger partial charge in [-0.15, -0.1) is 0 Å². The van der Waals surface area contributed by atoms with E-state index in [0.29, 0.717) is 39.2 Å². The van der Waals surface area contributed by atoms with Gasteiger partial charge in [-0.25, -0.2) is 4.79 Å². The fraction of sp³-hybridized carbons (Fsp3) is 0.718. The monoisotopic (exact) mass is 569 g/mol. The van der Waals surface area contributed by atoms with Crippen molar-refractivity contribution in [3.63, 3.8) is 0 Å². The van der Waals surface area contributed by atoms with Gasteiger partial charge in [0.2, 0.25) is 0 Å². The summed E-state index contributed by atoms with van der Waals surface area (Å²) in [7, 11) is 1.45. The van der Waals surface area contributed by atoms with Gasteiger partial charge in [-0.1, -0.05) is 65.0 Å². The van der Waals surface area contributed by atoms with E-state index in [9.17, 15) is 4.79 Å². The van der Waals surface area contributed by atoms with Crippen molar-refractivity contribution in [3.05, 3.63) is 53.6 Å². The number of nitrogens with zero attached hydrogens (tertiary/aromatic N) is 1. The molecular formula is C39H55NO2. The van der Waals surface area contributed by atoms with E-state index in [1.807, 2.05) is 12.1 Å². The fourth-order valence-electron chi connectivity index (χ4n) is 13.1. The van der Waals surface area contributed by atoms with Crippen LogP contribution in [0.15, 0.2) is 42.5 Å². The third-order valence-electron chi connectivity index (χ3n) is 15.3. The van der Waals surface area contributed by atoms with Gasteiger partial charge in [0.15, 0.2) is 0 Å². The molecular weight excluding hydrogens is 514 g/mol. The van der Waals surface area contributed by atoms with Gasteiger partial charge >= 0.3 is 5.97 Å². The molecule has 0 bridgehead atoms. The van der Waals surface area contributed by atoms with Crippen LogP contribution >= 0.6 is 0 Å². The number of ether oxygens (including phenoxy) is 1. The highest BCUT2D eigenvalue weighted by molar-refractivity contribution is 5.89. The molecule has 0 radical (unpaired) electrons. The summed E-state index contributed by atoms with van der Waals surface area (Å²) in [5.74, 6) is 3.52. The number of carbonyl (C=O) groups is 1. The van der Waals surface area contributed by atoms with E-state index in [1.54, 1.807) is 0 Å². The van der Waals surface area contributed by atoms with Gasteiger partial charge in [-0.3, -0.25) is 4.90 Å². The molecule has 6 aliphatic rings. The highest BCUT2D eigenvalue weighted by atomic mass is 16.5. The van der Waals surface area contributed by atoms with Crippen LogP contribution in [0.2, 0.25) is 0 Å². The summed E-state index contributed by atoms with van der Waals surface area (Å²) in [5.41, 5.74) is 6.50. The number of esters is 1. The van der Waals surface area contributed by atoms with E-state index >= 15 is 0 Å². The Morgan fingerprint density at radius 1 is 0.881 bits per heavy atom. The summed E-state index contributed by atoms with van der Waals surface area (Å²) >= 11 is 0. The lowest BCUT2D eigenvalue weighted by atomic mass is 9.33. The number of hydrogen-bond donors (Lipinski definition) is 0. The van der Waals surface area contributed by atoms with Crippen molar-refractivity contribution in [1.29, 1.82) is 0 Å². The Balaban J connectivity index is 1.23. The smallest absolute Gasteiger partial charge is 0.337 e. The second-order valence-corrected chi connectivity index (χ2v) is 16.9. The van der Waals surface area contributed by atoms with E-state index in [-0.39, 0.29) is 11.4 Å². The Kier molecular flexibility index (Phi) is 6.41. The Morgan fingerprint density at radius 2 is 1.60 bits per heavy atom. The molecule has 0 amide bonds. The number of methoxy groups -OCH3 is 1.